The fourth-order valence-electron chi connectivity index (χ4n) is 6.09. The number of esters is 1. The zero-order chi connectivity index (χ0) is 20.6. The SMILES string of the molecule is O=C(COC(=O)c1ccc(Oc2ccccc2)cc1)NC12CC3CC(CC(C3)C1)C2. The molecule has 2 aromatic rings. The Hall–Kier alpha value is -2.82. The number of carbonyl (C=O) groups excluding carboxylic acids is 2. The zero-order valence-corrected chi connectivity index (χ0v) is 17.0. The standard InChI is InChI=1S/C25H27NO4/c27-23(26-25-13-17-10-18(14-25)12-19(11-17)15-25)16-29-24(28)20-6-8-22(9-7-20)30-21-4-2-1-3-5-21/h1-9,17-19H,10-16H2,(H,26,27). The summed E-state index contributed by atoms with van der Waals surface area (Å²) in [7, 11) is 0. The van der Waals surface area contributed by atoms with Gasteiger partial charge in [0.2, 0.25) is 0 Å². The topological polar surface area (TPSA) is 64.6 Å². The highest BCUT2D eigenvalue weighted by Gasteiger charge is 2.51. The number of benzene rings is 2. The third-order valence-corrected chi connectivity index (χ3v) is 6.85. The molecule has 0 spiro atoms. The molecule has 5 nitrogen and oxygen atoms in total. The van der Waals surface area contributed by atoms with E-state index in [0.29, 0.717) is 11.3 Å². The number of hydrogen-bond acceptors (Lipinski definition) is 4. The van der Waals surface area contributed by atoms with Crippen molar-refractivity contribution in [2.24, 2.45) is 17.8 Å². The van der Waals surface area contributed by atoms with E-state index in [1.165, 1.54) is 19.3 Å². The first-order chi connectivity index (χ1) is 14.6. The van der Waals surface area contributed by atoms with Gasteiger partial charge in [-0.2, -0.15) is 0 Å². The molecular formula is C25H27NO4. The quantitative estimate of drug-likeness (QED) is 0.706. The minimum Gasteiger partial charge on any atom is -0.457 e. The normalized spacial score (nSPS) is 28.7. The van der Waals surface area contributed by atoms with Crippen molar-refractivity contribution in [3.63, 3.8) is 0 Å². The van der Waals surface area contributed by atoms with Crippen LogP contribution in [0.1, 0.15) is 48.9 Å². The maximum atomic E-state index is 12.5. The summed E-state index contributed by atoms with van der Waals surface area (Å²) in [6.07, 6.45) is 7.24. The molecule has 156 valence electrons. The van der Waals surface area contributed by atoms with Crippen LogP contribution in [0.5, 0.6) is 11.5 Å². The van der Waals surface area contributed by atoms with E-state index in [9.17, 15) is 9.59 Å². The number of nitrogens with one attached hydrogen (secondary N) is 1. The van der Waals surface area contributed by atoms with Gasteiger partial charge < -0.3 is 14.8 Å². The monoisotopic (exact) mass is 405 g/mol. The first-order valence-electron chi connectivity index (χ1n) is 10.9. The summed E-state index contributed by atoms with van der Waals surface area (Å²) in [6, 6.07) is 16.2. The molecule has 2 aromatic carbocycles. The molecule has 1 N–H and O–H groups in total. The Labute approximate surface area is 176 Å². The number of amides is 1. The number of carbonyl (C=O) groups is 2. The number of ether oxygens (including phenoxy) is 2. The molecule has 30 heavy (non-hydrogen) atoms. The van der Waals surface area contributed by atoms with Gasteiger partial charge in [0.25, 0.3) is 5.91 Å². The van der Waals surface area contributed by atoms with Crippen LogP contribution in [0.2, 0.25) is 0 Å². The van der Waals surface area contributed by atoms with Crippen molar-refractivity contribution in [3.05, 3.63) is 60.2 Å². The Morgan fingerprint density at radius 3 is 2.00 bits per heavy atom. The van der Waals surface area contributed by atoms with Gasteiger partial charge in [-0.05, 0) is 92.7 Å². The highest BCUT2D eigenvalue weighted by Crippen LogP contribution is 2.55. The maximum absolute atomic E-state index is 12.5. The molecule has 0 atom stereocenters. The van der Waals surface area contributed by atoms with Gasteiger partial charge in [0.15, 0.2) is 6.61 Å². The third kappa shape index (κ3) is 4.07. The fourth-order valence-corrected chi connectivity index (χ4v) is 6.09. The molecule has 5 heteroatoms. The third-order valence-electron chi connectivity index (χ3n) is 6.85. The summed E-state index contributed by atoms with van der Waals surface area (Å²) in [6.45, 7) is -0.233. The van der Waals surface area contributed by atoms with Gasteiger partial charge in [-0.15, -0.1) is 0 Å². The summed E-state index contributed by atoms with van der Waals surface area (Å²) in [5.74, 6) is 2.96. The van der Waals surface area contributed by atoms with Crippen molar-refractivity contribution in [1.29, 1.82) is 0 Å². The Bertz CT molecular complexity index is 887. The van der Waals surface area contributed by atoms with E-state index >= 15 is 0 Å². The summed E-state index contributed by atoms with van der Waals surface area (Å²) in [5, 5.41) is 3.23. The lowest BCUT2D eigenvalue weighted by Crippen LogP contribution is -2.60. The van der Waals surface area contributed by atoms with E-state index < -0.39 is 5.97 Å². The highest BCUT2D eigenvalue weighted by molar-refractivity contribution is 5.91. The molecule has 4 bridgehead atoms. The Kier molecular flexibility index (Phi) is 4.97. The number of para-hydroxylation sites is 1. The van der Waals surface area contributed by atoms with Crippen LogP contribution in [0.15, 0.2) is 54.6 Å². The van der Waals surface area contributed by atoms with Crippen molar-refractivity contribution in [2.45, 2.75) is 44.1 Å². The zero-order valence-electron chi connectivity index (χ0n) is 17.0. The molecule has 4 fully saturated rings. The van der Waals surface area contributed by atoms with Crippen LogP contribution in [0.3, 0.4) is 0 Å². The number of rotatable bonds is 6. The van der Waals surface area contributed by atoms with Gasteiger partial charge in [0.1, 0.15) is 11.5 Å². The second-order valence-electron chi connectivity index (χ2n) is 9.26. The molecule has 4 saturated carbocycles. The molecule has 0 radical (unpaired) electrons. The van der Waals surface area contributed by atoms with Crippen molar-refractivity contribution in [2.75, 3.05) is 6.61 Å². The molecule has 4 aliphatic rings. The van der Waals surface area contributed by atoms with Gasteiger partial charge in [-0.3, -0.25) is 4.79 Å². The highest BCUT2D eigenvalue weighted by atomic mass is 16.5. The van der Waals surface area contributed by atoms with Crippen LogP contribution in [-0.2, 0) is 9.53 Å². The molecule has 6 rings (SSSR count). The van der Waals surface area contributed by atoms with Gasteiger partial charge in [-0.25, -0.2) is 4.79 Å². The van der Waals surface area contributed by atoms with Crippen molar-refractivity contribution < 1.29 is 19.1 Å². The van der Waals surface area contributed by atoms with Crippen LogP contribution in [0.25, 0.3) is 0 Å². The lowest BCUT2D eigenvalue weighted by molar-refractivity contribution is -0.130. The van der Waals surface area contributed by atoms with Crippen LogP contribution in [0.4, 0.5) is 0 Å². The molecule has 4 aliphatic carbocycles. The number of hydrogen-bond donors (Lipinski definition) is 1. The maximum Gasteiger partial charge on any atom is 0.338 e. The average molecular weight is 405 g/mol. The molecule has 0 saturated heterocycles. The Morgan fingerprint density at radius 2 is 1.40 bits per heavy atom. The van der Waals surface area contributed by atoms with E-state index in [-0.39, 0.29) is 18.1 Å². The largest absolute Gasteiger partial charge is 0.457 e. The van der Waals surface area contributed by atoms with Crippen LogP contribution >= 0.6 is 0 Å². The van der Waals surface area contributed by atoms with Crippen LogP contribution in [-0.4, -0.2) is 24.0 Å². The predicted octanol–water partition coefficient (Wildman–Crippen LogP) is 4.72. The van der Waals surface area contributed by atoms with E-state index in [2.05, 4.69) is 5.32 Å². The Balaban J connectivity index is 1.13. The van der Waals surface area contributed by atoms with Crippen LogP contribution in [0, 0.1) is 17.8 Å². The molecule has 1 amide bonds. The molecular weight excluding hydrogens is 378 g/mol. The van der Waals surface area contributed by atoms with Gasteiger partial charge in [0, 0.05) is 5.54 Å². The summed E-state index contributed by atoms with van der Waals surface area (Å²) in [5.41, 5.74) is 0.340. The lowest BCUT2D eigenvalue weighted by Gasteiger charge is -2.56. The van der Waals surface area contributed by atoms with Gasteiger partial charge in [0.05, 0.1) is 5.56 Å². The first-order valence-corrected chi connectivity index (χ1v) is 10.9. The first kappa shape index (κ1) is 19.2. The smallest absolute Gasteiger partial charge is 0.338 e. The lowest BCUT2D eigenvalue weighted by atomic mass is 9.53. The molecule has 0 aromatic heterocycles. The molecule has 0 heterocycles. The van der Waals surface area contributed by atoms with Crippen LogP contribution < -0.4 is 10.1 Å². The summed E-state index contributed by atoms with van der Waals surface area (Å²) < 4.78 is 11.0. The van der Waals surface area contributed by atoms with Crippen molar-refractivity contribution in [3.8, 4) is 11.5 Å². The minimum absolute atomic E-state index is 0.0608. The fraction of sp³-hybridized carbons (Fsp3) is 0.440. The van der Waals surface area contributed by atoms with Gasteiger partial charge in [-0.1, -0.05) is 18.2 Å². The van der Waals surface area contributed by atoms with Crippen molar-refractivity contribution in [1.82, 2.24) is 5.32 Å². The van der Waals surface area contributed by atoms with E-state index in [0.717, 1.165) is 42.8 Å². The second kappa shape index (κ2) is 7.78. The molecule has 0 aliphatic heterocycles. The van der Waals surface area contributed by atoms with E-state index in [1.807, 2.05) is 30.3 Å². The minimum atomic E-state index is -0.498. The van der Waals surface area contributed by atoms with Crippen molar-refractivity contribution >= 4 is 11.9 Å². The predicted molar refractivity (Wildman–Crippen MR) is 112 cm³/mol. The van der Waals surface area contributed by atoms with E-state index in [1.54, 1.807) is 24.3 Å². The summed E-state index contributed by atoms with van der Waals surface area (Å²) >= 11 is 0. The second-order valence-corrected chi connectivity index (χ2v) is 9.26. The van der Waals surface area contributed by atoms with Gasteiger partial charge >= 0.3 is 5.97 Å². The summed E-state index contributed by atoms with van der Waals surface area (Å²) in [4.78, 5) is 24.9. The molecule has 0 unspecified atom stereocenters. The average Bonchev–Trinajstić information content (AvgIpc) is 2.72. The Morgan fingerprint density at radius 1 is 0.833 bits per heavy atom. The van der Waals surface area contributed by atoms with E-state index in [4.69, 9.17) is 9.47 Å².